The van der Waals surface area contributed by atoms with Crippen molar-refractivity contribution in [1.29, 1.82) is 0 Å². The highest BCUT2D eigenvalue weighted by molar-refractivity contribution is 5.91. The fraction of sp³-hybridized carbons (Fsp3) is 0.368. The van der Waals surface area contributed by atoms with E-state index in [-0.39, 0.29) is 24.2 Å². The number of hydrogen-bond acceptors (Lipinski definition) is 3. The average molecular weight is 343 g/mol. The Morgan fingerprint density at radius 2 is 1.64 bits per heavy atom. The molecule has 0 aliphatic carbocycles. The van der Waals surface area contributed by atoms with Gasteiger partial charge in [0.15, 0.2) is 5.76 Å². The second-order valence-corrected chi connectivity index (χ2v) is 6.15. The Morgan fingerprint density at radius 1 is 1.00 bits per heavy atom. The van der Waals surface area contributed by atoms with E-state index in [1.165, 1.54) is 10.5 Å². The topological polar surface area (TPSA) is 65.8 Å². The average Bonchev–Trinajstić information content (AvgIpc) is 3.08. The Bertz CT molecular complexity index is 720. The van der Waals surface area contributed by atoms with Gasteiger partial charge < -0.3 is 19.5 Å². The number of furan rings is 1. The van der Waals surface area contributed by atoms with Crippen LogP contribution in [-0.2, 0) is 19.5 Å². The predicted octanol–water partition coefficient (Wildman–Crippen LogP) is 2.89. The highest BCUT2D eigenvalue weighted by atomic mass is 16.4. The summed E-state index contributed by atoms with van der Waals surface area (Å²) in [5.41, 5.74) is 2.35. The van der Waals surface area contributed by atoms with E-state index in [1.54, 1.807) is 38.2 Å². The van der Waals surface area contributed by atoms with Crippen LogP contribution in [0.1, 0.15) is 34.4 Å². The molecule has 6 heteroatoms. The van der Waals surface area contributed by atoms with Crippen molar-refractivity contribution < 1.29 is 14.0 Å². The van der Waals surface area contributed by atoms with E-state index in [2.05, 4.69) is 24.4 Å². The maximum atomic E-state index is 12.2. The molecule has 1 aromatic carbocycles. The van der Waals surface area contributed by atoms with Gasteiger partial charge in [-0.15, -0.1) is 0 Å². The second kappa shape index (κ2) is 8.37. The van der Waals surface area contributed by atoms with Crippen LogP contribution in [0.3, 0.4) is 0 Å². The number of carbonyl (C=O) groups is 2. The molecule has 0 spiro atoms. The largest absolute Gasteiger partial charge is 0.454 e. The molecule has 0 saturated carbocycles. The molecule has 25 heavy (non-hydrogen) atoms. The number of hydrogen-bond donors (Lipinski definition) is 1. The molecule has 0 bridgehead atoms. The van der Waals surface area contributed by atoms with Crippen LogP contribution in [0.5, 0.6) is 0 Å². The van der Waals surface area contributed by atoms with E-state index in [0.717, 1.165) is 12.0 Å². The molecule has 6 nitrogen and oxygen atoms in total. The first-order chi connectivity index (χ1) is 11.9. The predicted molar refractivity (Wildman–Crippen MR) is 96.2 cm³/mol. The molecule has 0 unspecified atom stereocenters. The van der Waals surface area contributed by atoms with Crippen molar-refractivity contribution >= 4 is 11.9 Å². The van der Waals surface area contributed by atoms with Crippen LogP contribution >= 0.6 is 0 Å². The van der Waals surface area contributed by atoms with Crippen molar-refractivity contribution in [3.8, 4) is 0 Å². The highest BCUT2D eigenvalue weighted by Crippen LogP contribution is 2.10. The molecule has 1 aromatic heterocycles. The Labute approximate surface area is 148 Å². The first kappa shape index (κ1) is 18.6. The monoisotopic (exact) mass is 343 g/mol. The summed E-state index contributed by atoms with van der Waals surface area (Å²) in [6.07, 6.45) is 0.998. The normalized spacial score (nSPS) is 10.4. The van der Waals surface area contributed by atoms with Crippen LogP contribution in [0.2, 0.25) is 0 Å². The Morgan fingerprint density at radius 3 is 2.24 bits per heavy atom. The zero-order chi connectivity index (χ0) is 18.4. The summed E-state index contributed by atoms with van der Waals surface area (Å²) >= 11 is 0. The molecule has 0 fully saturated rings. The molecular formula is C19H25N3O3. The fourth-order valence-electron chi connectivity index (χ4n) is 2.33. The number of urea groups is 1. The third-order valence-electron chi connectivity index (χ3n) is 3.89. The van der Waals surface area contributed by atoms with Gasteiger partial charge in [0.2, 0.25) is 0 Å². The Balaban J connectivity index is 1.85. The van der Waals surface area contributed by atoms with Crippen molar-refractivity contribution in [2.24, 2.45) is 0 Å². The fourth-order valence-corrected chi connectivity index (χ4v) is 2.33. The first-order valence-corrected chi connectivity index (χ1v) is 8.27. The molecule has 0 aliphatic rings. The van der Waals surface area contributed by atoms with Crippen molar-refractivity contribution in [2.45, 2.75) is 26.4 Å². The summed E-state index contributed by atoms with van der Waals surface area (Å²) in [6, 6.07) is 11.3. The molecule has 0 radical (unpaired) electrons. The number of amides is 3. The van der Waals surface area contributed by atoms with Crippen molar-refractivity contribution in [3.05, 3.63) is 59.0 Å². The SMILES string of the molecule is CCc1ccc(CN(C)C(=O)NCc2ccc(C(=O)N(C)C)o2)cc1. The Kier molecular flexibility index (Phi) is 6.22. The van der Waals surface area contributed by atoms with Crippen LogP contribution in [0.4, 0.5) is 4.79 Å². The summed E-state index contributed by atoms with van der Waals surface area (Å²) < 4.78 is 5.46. The maximum Gasteiger partial charge on any atom is 0.317 e. The van der Waals surface area contributed by atoms with Crippen molar-refractivity contribution in [1.82, 2.24) is 15.1 Å². The lowest BCUT2D eigenvalue weighted by Gasteiger charge is -2.18. The van der Waals surface area contributed by atoms with E-state index < -0.39 is 0 Å². The van der Waals surface area contributed by atoms with Gasteiger partial charge in [-0.05, 0) is 29.7 Å². The lowest BCUT2D eigenvalue weighted by Crippen LogP contribution is -2.36. The second-order valence-electron chi connectivity index (χ2n) is 6.15. The van der Waals surface area contributed by atoms with Crippen LogP contribution < -0.4 is 5.32 Å². The third kappa shape index (κ3) is 5.11. The summed E-state index contributed by atoms with van der Waals surface area (Å²) in [7, 11) is 5.06. The minimum atomic E-state index is -0.203. The summed E-state index contributed by atoms with van der Waals surface area (Å²) in [5, 5.41) is 2.79. The molecule has 1 heterocycles. The van der Waals surface area contributed by atoms with Gasteiger partial charge in [-0.1, -0.05) is 31.2 Å². The molecule has 2 rings (SSSR count). The van der Waals surface area contributed by atoms with Gasteiger partial charge in [-0.3, -0.25) is 4.79 Å². The zero-order valence-electron chi connectivity index (χ0n) is 15.2. The Hall–Kier alpha value is -2.76. The molecule has 3 amide bonds. The zero-order valence-corrected chi connectivity index (χ0v) is 15.2. The molecule has 1 N–H and O–H groups in total. The third-order valence-corrected chi connectivity index (χ3v) is 3.89. The van der Waals surface area contributed by atoms with E-state index in [0.29, 0.717) is 12.3 Å². The number of carbonyl (C=O) groups excluding carboxylic acids is 2. The van der Waals surface area contributed by atoms with Crippen LogP contribution in [0.15, 0.2) is 40.8 Å². The molecule has 0 saturated heterocycles. The highest BCUT2D eigenvalue weighted by Gasteiger charge is 2.14. The van der Waals surface area contributed by atoms with E-state index >= 15 is 0 Å². The summed E-state index contributed by atoms with van der Waals surface area (Å²) in [4.78, 5) is 27.0. The van der Waals surface area contributed by atoms with Gasteiger partial charge >= 0.3 is 6.03 Å². The smallest absolute Gasteiger partial charge is 0.317 e. The number of rotatable bonds is 6. The lowest BCUT2D eigenvalue weighted by atomic mass is 10.1. The van der Waals surface area contributed by atoms with Gasteiger partial charge in [0.1, 0.15) is 5.76 Å². The van der Waals surface area contributed by atoms with Crippen molar-refractivity contribution in [3.63, 3.8) is 0 Å². The maximum absolute atomic E-state index is 12.2. The number of nitrogens with zero attached hydrogens (tertiary/aromatic N) is 2. The number of nitrogens with one attached hydrogen (secondary N) is 1. The van der Waals surface area contributed by atoms with E-state index in [1.807, 2.05) is 12.1 Å². The molecule has 2 aromatic rings. The lowest BCUT2D eigenvalue weighted by molar-refractivity contribution is 0.0794. The van der Waals surface area contributed by atoms with Gasteiger partial charge in [-0.25, -0.2) is 4.79 Å². The van der Waals surface area contributed by atoms with Crippen molar-refractivity contribution in [2.75, 3.05) is 21.1 Å². The minimum Gasteiger partial charge on any atom is -0.454 e. The minimum absolute atomic E-state index is 0.198. The first-order valence-electron chi connectivity index (χ1n) is 8.27. The number of aryl methyl sites for hydroxylation is 1. The molecule has 134 valence electrons. The van der Waals surface area contributed by atoms with Crippen LogP contribution in [0, 0.1) is 0 Å². The summed E-state index contributed by atoms with van der Waals surface area (Å²) in [5.74, 6) is 0.600. The molecule has 0 aliphatic heterocycles. The van der Waals surface area contributed by atoms with Crippen LogP contribution in [0.25, 0.3) is 0 Å². The standard InChI is InChI=1S/C19H25N3O3/c1-5-14-6-8-15(9-7-14)13-22(4)19(24)20-12-16-10-11-17(25-16)18(23)21(2)3/h6-11H,5,12-13H2,1-4H3,(H,20,24). The van der Waals surface area contributed by atoms with Crippen LogP contribution in [-0.4, -0.2) is 42.9 Å². The molecule has 0 atom stereocenters. The van der Waals surface area contributed by atoms with Gasteiger partial charge in [0, 0.05) is 27.7 Å². The molecular weight excluding hydrogens is 318 g/mol. The van der Waals surface area contributed by atoms with Gasteiger partial charge in [0.25, 0.3) is 5.91 Å². The quantitative estimate of drug-likeness (QED) is 0.877. The van der Waals surface area contributed by atoms with E-state index in [9.17, 15) is 9.59 Å². The van der Waals surface area contributed by atoms with E-state index in [4.69, 9.17) is 4.42 Å². The number of benzene rings is 1. The van der Waals surface area contributed by atoms with Gasteiger partial charge in [-0.2, -0.15) is 0 Å². The summed E-state index contributed by atoms with van der Waals surface area (Å²) in [6.45, 7) is 2.87. The van der Waals surface area contributed by atoms with Gasteiger partial charge in [0.05, 0.1) is 6.54 Å².